The lowest BCUT2D eigenvalue weighted by Gasteiger charge is -2.36. The number of nitrogens with one attached hydrogen (secondary N) is 2. The summed E-state index contributed by atoms with van der Waals surface area (Å²) in [6.07, 6.45) is 5.07. The monoisotopic (exact) mass is 519 g/mol. The van der Waals surface area contributed by atoms with Crippen molar-refractivity contribution in [1.29, 1.82) is 0 Å². The zero-order valence-corrected chi connectivity index (χ0v) is 20.3. The second kappa shape index (κ2) is 12.1. The Morgan fingerprint density at radius 1 is 1.29 bits per heavy atom. The van der Waals surface area contributed by atoms with Crippen LogP contribution >= 0.6 is 35.7 Å². The van der Waals surface area contributed by atoms with E-state index in [1.54, 1.807) is 0 Å². The number of nitrogens with zero attached hydrogens (tertiary/aromatic N) is 3. The number of aliphatic imine (C=N–C) groups is 1. The summed E-state index contributed by atoms with van der Waals surface area (Å²) in [7, 11) is 0. The van der Waals surface area contributed by atoms with Crippen molar-refractivity contribution in [3.63, 3.8) is 0 Å². The number of thioether (sulfide) groups is 1. The fraction of sp³-hybridized carbons (Fsp3) is 0.700. The fourth-order valence-corrected chi connectivity index (χ4v) is 4.79. The highest BCUT2D eigenvalue weighted by Gasteiger charge is 2.23. The predicted octanol–water partition coefficient (Wildman–Crippen LogP) is 3.26. The van der Waals surface area contributed by atoms with E-state index in [-0.39, 0.29) is 36.2 Å². The molecular weight excluding hydrogens is 485 g/mol. The van der Waals surface area contributed by atoms with Crippen molar-refractivity contribution in [1.82, 2.24) is 15.6 Å². The molecule has 1 aromatic rings. The molecule has 2 aliphatic heterocycles. The molecule has 28 heavy (non-hydrogen) atoms. The zero-order chi connectivity index (χ0) is 19.1. The first-order chi connectivity index (χ1) is 13.1. The third-order valence-electron chi connectivity index (χ3n) is 4.84. The molecule has 0 radical (unpaired) electrons. The Bertz CT molecular complexity index is 599. The van der Waals surface area contributed by atoms with Gasteiger partial charge in [0.15, 0.2) is 5.96 Å². The Balaban J connectivity index is 0.00000280. The van der Waals surface area contributed by atoms with E-state index in [1.807, 2.05) is 6.20 Å². The lowest BCUT2D eigenvalue weighted by atomic mass is 10.2. The summed E-state index contributed by atoms with van der Waals surface area (Å²) >= 11 is 2.06. The minimum absolute atomic E-state index is 0. The maximum absolute atomic E-state index is 5.81. The summed E-state index contributed by atoms with van der Waals surface area (Å²) in [5.41, 5.74) is 1.13. The highest BCUT2D eigenvalue weighted by molar-refractivity contribution is 14.0. The van der Waals surface area contributed by atoms with Gasteiger partial charge in [-0.3, -0.25) is 0 Å². The lowest BCUT2D eigenvalue weighted by molar-refractivity contribution is -0.00545. The fourth-order valence-electron chi connectivity index (χ4n) is 3.59. The number of guanidine groups is 1. The van der Waals surface area contributed by atoms with E-state index in [2.05, 4.69) is 65.2 Å². The van der Waals surface area contributed by atoms with Crippen molar-refractivity contribution in [3.8, 4) is 0 Å². The van der Waals surface area contributed by atoms with E-state index in [9.17, 15) is 0 Å². The van der Waals surface area contributed by atoms with Gasteiger partial charge < -0.3 is 20.3 Å². The van der Waals surface area contributed by atoms with E-state index in [0.717, 1.165) is 43.5 Å². The van der Waals surface area contributed by atoms with Crippen LogP contribution in [0.15, 0.2) is 23.3 Å². The van der Waals surface area contributed by atoms with Gasteiger partial charge in [-0.25, -0.2) is 9.98 Å². The highest BCUT2D eigenvalue weighted by atomic mass is 127. The summed E-state index contributed by atoms with van der Waals surface area (Å²) in [6.45, 7) is 10.6. The molecule has 3 heterocycles. The number of aromatic nitrogens is 1. The number of hydrogen-bond donors (Lipinski definition) is 2. The third kappa shape index (κ3) is 7.26. The van der Waals surface area contributed by atoms with Crippen LogP contribution < -0.4 is 15.5 Å². The number of rotatable bonds is 6. The summed E-state index contributed by atoms with van der Waals surface area (Å²) in [5, 5.41) is 7.53. The molecule has 0 aliphatic carbocycles. The second-order valence-electron chi connectivity index (χ2n) is 7.40. The molecule has 158 valence electrons. The van der Waals surface area contributed by atoms with Crippen LogP contribution in [0.5, 0.6) is 0 Å². The minimum atomic E-state index is 0. The van der Waals surface area contributed by atoms with Crippen LogP contribution in [-0.2, 0) is 11.3 Å². The Morgan fingerprint density at radius 3 is 2.68 bits per heavy atom. The minimum Gasteiger partial charge on any atom is -0.372 e. The molecule has 6 nitrogen and oxygen atoms in total. The molecule has 0 spiro atoms. The van der Waals surface area contributed by atoms with Gasteiger partial charge in [-0.15, -0.1) is 24.0 Å². The normalized spacial score (nSPS) is 25.3. The van der Waals surface area contributed by atoms with Crippen LogP contribution in [0, 0.1) is 0 Å². The molecule has 2 N–H and O–H groups in total. The van der Waals surface area contributed by atoms with Crippen molar-refractivity contribution >= 4 is 47.5 Å². The van der Waals surface area contributed by atoms with Crippen LogP contribution in [0.4, 0.5) is 5.82 Å². The van der Waals surface area contributed by atoms with Crippen LogP contribution in [-0.4, -0.2) is 60.3 Å². The maximum Gasteiger partial charge on any atom is 0.191 e. The van der Waals surface area contributed by atoms with E-state index >= 15 is 0 Å². The largest absolute Gasteiger partial charge is 0.372 e. The van der Waals surface area contributed by atoms with E-state index < -0.39 is 0 Å². The molecule has 0 bridgehead atoms. The summed E-state index contributed by atoms with van der Waals surface area (Å²) < 4.78 is 5.81. The number of halogens is 1. The number of ether oxygens (including phenoxy) is 1. The summed E-state index contributed by atoms with van der Waals surface area (Å²) in [4.78, 5) is 11.7. The quantitative estimate of drug-likeness (QED) is 0.342. The highest BCUT2D eigenvalue weighted by Crippen LogP contribution is 2.25. The second-order valence-corrected chi connectivity index (χ2v) is 8.81. The van der Waals surface area contributed by atoms with Crippen LogP contribution in [0.25, 0.3) is 0 Å². The molecular formula is C20H34IN5OS. The molecule has 3 rings (SSSR count). The lowest BCUT2D eigenvalue weighted by Crippen LogP contribution is -2.45. The van der Waals surface area contributed by atoms with Gasteiger partial charge in [0.2, 0.25) is 0 Å². The Morgan fingerprint density at radius 2 is 2.07 bits per heavy atom. The average molecular weight is 519 g/mol. The maximum atomic E-state index is 5.81. The van der Waals surface area contributed by atoms with Gasteiger partial charge in [-0.1, -0.05) is 6.07 Å². The standard InChI is InChI=1S/C20H33N5OS.HI/c1-4-21-20(24-12-18-6-5-9-27-18)23-11-17-7-8-19(22-10-17)25-13-15(2)26-16(3)14-25;/h7-8,10,15-16,18H,4-6,9,11-14H2,1-3H3,(H2,21,23,24);1H. The smallest absolute Gasteiger partial charge is 0.191 e. The van der Waals surface area contributed by atoms with Crippen molar-refractivity contribution in [2.45, 2.75) is 57.6 Å². The van der Waals surface area contributed by atoms with Crippen LogP contribution in [0.2, 0.25) is 0 Å². The van der Waals surface area contributed by atoms with E-state index in [0.29, 0.717) is 11.8 Å². The predicted molar refractivity (Wildman–Crippen MR) is 130 cm³/mol. The van der Waals surface area contributed by atoms with Gasteiger partial charge in [0, 0.05) is 37.6 Å². The molecule has 2 aliphatic rings. The van der Waals surface area contributed by atoms with Gasteiger partial charge >= 0.3 is 0 Å². The van der Waals surface area contributed by atoms with E-state index in [4.69, 9.17) is 9.73 Å². The first kappa shape index (κ1) is 23.5. The van der Waals surface area contributed by atoms with Crippen molar-refractivity contribution in [2.75, 3.05) is 36.8 Å². The summed E-state index contributed by atoms with van der Waals surface area (Å²) in [5.74, 6) is 3.21. The number of morpholine rings is 1. The molecule has 0 aromatic carbocycles. The van der Waals surface area contributed by atoms with Crippen LogP contribution in [0.1, 0.15) is 39.2 Å². The van der Waals surface area contributed by atoms with Crippen molar-refractivity contribution < 1.29 is 4.74 Å². The Kier molecular flexibility index (Phi) is 10.1. The number of pyridine rings is 1. The molecule has 2 fully saturated rings. The average Bonchev–Trinajstić information content (AvgIpc) is 3.17. The van der Waals surface area contributed by atoms with E-state index in [1.165, 1.54) is 18.6 Å². The Labute approximate surface area is 190 Å². The SMILES string of the molecule is CCNC(=NCc1ccc(N2CC(C)OC(C)C2)nc1)NCC1CCCS1.I. The van der Waals surface area contributed by atoms with Gasteiger partial charge in [0.25, 0.3) is 0 Å². The molecule has 1 aromatic heterocycles. The van der Waals surface area contributed by atoms with Gasteiger partial charge in [0.1, 0.15) is 5.82 Å². The van der Waals surface area contributed by atoms with Gasteiger partial charge in [-0.2, -0.15) is 11.8 Å². The van der Waals surface area contributed by atoms with Crippen molar-refractivity contribution in [3.05, 3.63) is 23.9 Å². The molecule has 0 saturated carbocycles. The molecule has 2 saturated heterocycles. The number of hydrogen-bond acceptors (Lipinski definition) is 5. The first-order valence-electron chi connectivity index (χ1n) is 10.1. The molecule has 8 heteroatoms. The zero-order valence-electron chi connectivity index (χ0n) is 17.2. The molecule has 3 unspecified atom stereocenters. The molecule has 0 amide bonds. The van der Waals surface area contributed by atoms with Gasteiger partial charge in [0.05, 0.1) is 18.8 Å². The third-order valence-corrected chi connectivity index (χ3v) is 6.24. The first-order valence-corrected chi connectivity index (χ1v) is 11.2. The number of anilines is 1. The topological polar surface area (TPSA) is 61.8 Å². The summed E-state index contributed by atoms with van der Waals surface area (Å²) in [6, 6.07) is 4.23. The van der Waals surface area contributed by atoms with Crippen LogP contribution in [0.3, 0.4) is 0 Å². The van der Waals surface area contributed by atoms with Crippen molar-refractivity contribution in [2.24, 2.45) is 4.99 Å². The van der Waals surface area contributed by atoms with Gasteiger partial charge in [-0.05, 0) is 51.0 Å². The molecule has 3 atom stereocenters. The Hall–Kier alpha value is -0.740.